The predicted molar refractivity (Wildman–Crippen MR) is 78.1 cm³/mol. The van der Waals surface area contributed by atoms with Gasteiger partial charge >= 0.3 is 0 Å². The highest BCUT2D eigenvalue weighted by Gasteiger charge is 2.29. The second-order valence-corrected chi connectivity index (χ2v) is 6.62. The summed E-state index contributed by atoms with van der Waals surface area (Å²) in [6, 6.07) is 4.79. The van der Waals surface area contributed by atoms with E-state index in [1.165, 1.54) is 6.07 Å². The smallest absolute Gasteiger partial charge is 0.244 e. The largest absolute Gasteiger partial charge is 0.486 e. The first kappa shape index (κ1) is 17.0. The minimum absolute atomic E-state index is 0. The van der Waals surface area contributed by atoms with Crippen molar-refractivity contribution in [3.05, 3.63) is 18.2 Å². The van der Waals surface area contributed by atoms with Gasteiger partial charge in [-0.2, -0.15) is 0 Å². The van der Waals surface area contributed by atoms with Crippen molar-refractivity contribution in [3.63, 3.8) is 0 Å². The fourth-order valence-corrected chi connectivity index (χ4v) is 3.30. The van der Waals surface area contributed by atoms with Gasteiger partial charge in [0, 0.05) is 12.1 Å². The molecular weight excluding hydrogens is 304 g/mol. The Kier molecular flexibility index (Phi) is 5.26. The van der Waals surface area contributed by atoms with E-state index >= 15 is 0 Å². The summed E-state index contributed by atoms with van der Waals surface area (Å²) < 4.78 is 38.1. The van der Waals surface area contributed by atoms with Crippen LogP contribution >= 0.6 is 12.4 Å². The van der Waals surface area contributed by atoms with Gasteiger partial charge in [-0.05, 0) is 26.0 Å². The van der Waals surface area contributed by atoms with Gasteiger partial charge in [-0.25, -0.2) is 13.1 Å². The number of halogens is 1. The van der Waals surface area contributed by atoms with Gasteiger partial charge < -0.3 is 15.2 Å². The van der Waals surface area contributed by atoms with Crippen molar-refractivity contribution in [3.8, 4) is 11.5 Å². The van der Waals surface area contributed by atoms with Crippen molar-refractivity contribution in [2.24, 2.45) is 5.73 Å². The third-order valence-corrected chi connectivity index (χ3v) is 4.46. The third kappa shape index (κ3) is 3.54. The maximum atomic E-state index is 12.4. The number of ether oxygens (including phenoxy) is 2. The number of nitrogens with one attached hydrogen (secondary N) is 1. The minimum atomic E-state index is -3.71. The van der Waals surface area contributed by atoms with E-state index in [-0.39, 0.29) is 29.6 Å². The number of benzene rings is 1. The molecule has 0 aromatic heterocycles. The molecule has 0 unspecified atom stereocenters. The van der Waals surface area contributed by atoms with Crippen LogP contribution in [0.2, 0.25) is 0 Å². The van der Waals surface area contributed by atoms with E-state index in [2.05, 4.69) is 4.72 Å². The molecule has 8 heteroatoms. The fourth-order valence-electron chi connectivity index (χ4n) is 1.72. The van der Waals surface area contributed by atoms with Crippen molar-refractivity contribution >= 4 is 22.4 Å². The molecule has 1 heterocycles. The van der Waals surface area contributed by atoms with E-state index in [1.54, 1.807) is 26.0 Å². The first-order valence-electron chi connectivity index (χ1n) is 5.98. The fraction of sp³-hybridized carbons (Fsp3) is 0.500. The van der Waals surface area contributed by atoms with Gasteiger partial charge in [0.05, 0.1) is 0 Å². The second kappa shape index (κ2) is 6.17. The van der Waals surface area contributed by atoms with Gasteiger partial charge in [-0.15, -0.1) is 12.4 Å². The summed E-state index contributed by atoms with van der Waals surface area (Å²) in [5.74, 6) is 0.703. The Balaban J connectivity index is 0.00000200. The van der Waals surface area contributed by atoms with Crippen LogP contribution in [0, 0.1) is 0 Å². The van der Waals surface area contributed by atoms with Crippen LogP contribution in [0.3, 0.4) is 0 Å². The molecule has 1 aromatic rings. The lowest BCUT2D eigenvalue weighted by molar-refractivity contribution is 0.167. The van der Waals surface area contributed by atoms with Gasteiger partial charge in [-0.3, -0.25) is 0 Å². The molecule has 0 radical (unpaired) electrons. The van der Waals surface area contributed by atoms with Gasteiger partial charge in [0.2, 0.25) is 10.0 Å². The van der Waals surface area contributed by atoms with Crippen molar-refractivity contribution in [2.75, 3.05) is 19.8 Å². The summed E-state index contributed by atoms with van der Waals surface area (Å²) in [6.07, 6.45) is 0. The van der Waals surface area contributed by atoms with Crippen LogP contribution in [0.1, 0.15) is 13.8 Å². The Morgan fingerprint density at radius 2 is 1.95 bits per heavy atom. The quantitative estimate of drug-likeness (QED) is 0.859. The Labute approximate surface area is 125 Å². The van der Waals surface area contributed by atoms with Gasteiger partial charge in [0.25, 0.3) is 0 Å². The van der Waals surface area contributed by atoms with Crippen LogP contribution in [0.4, 0.5) is 0 Å². The topological polar surface area (TPSA) is 90.7 Å². The Morgan fingerprint density at radius 3 is 2.60 bits per heavy atom. The highest BCUT2D eigenvalue weighted by atomic mass is 35.5. The van der Waals surface area contributed by atoms with Gasteiger partial charge in [0.15, 0.2) is 11.5 Å². The average molecular weight is 323 g/mol. The molecule has 0 saturated carbocycles. The maximum absolute atomic E-state index is 12.4. The van der Waals surface area contributed by atoms with Crippen molar-refractivity contribution < 1.29 is 17.9 Å². The molecule has 6 nitrogen and oxygen atoms in total. The SMILES string of the molecule is CC(C)(CN)NS(=O)(=O)c1cccc2c1OCCO2.Cl. The normalized spacial score (nSPS) is 14.6. The Bertz CT molecular complexity index is 575. The Hall–Kier alpha value is -1.02. The van der Waals surface area contributed by atoms with Crippen molar-refractivity contribution in [2.45, 2.75) is 24.3 Å². The zero-order chi connectivity index (χ0) is 14.1. The second-order valence-electron chi connectivity index (χ2n) is 4.97. The van der Waals surface area contributed by atoms with Crippen LogP contribution in [-0.4, -0.2) is 33.7 Å². The zero-order valence-electron chi connectivity index (χ0n) is 11.4. The van der Waals surface area contributed by atoms with Crippen LogP contribution in [0.5, 0.6) is 11.5 Å². The van der Waals surface area contributed by atoms with Crippen molar-refractivity contribution in [1.82, 2.24) is 4.72 Å². The molecule has 20 heavy (non-hydrogen) atoms. The lowest BCUT2D eigenvalue weighted by Crippen LogP contribution is -2.48. The number of hydrogen-bond acceptors (Lipinski definition) is 5. The van der Waals surface area contributed by atoms with E-state index in [4.69, 9.17) is 15.2 Å². The lowest BCUT2D eigenvalue weighted by Gasteiger charge is -2.26. The number of hydrogen-bond donors (Lipinski definition) is 2. The number of rotatable bonds is 4. The summed E-state index contributed by atoms with van der Waals surface area (Å²) in [6.45, 7) is 4.38. The summed E-state index contributed by atoms with van der Waals surface area (Å²) in [4.78, 5) is 0.0752. The van der Waals surface area contributed by atoms with E-state index in [1.807, 2.05) is 0 Å². The molecule has 0 saturated heterocycles. The summed E-state index contributed by atoms with van der Waals surface area (Å²) in [5, 5.41) is 0. The van der Waals surface area contributed by atoms with Crippen LogP contribution < -0.4 is 19.9 Å². The lowest BCUT2D eigenvalue weighted by atomic mass is 10.1. The highest BCUT2D eigenvalue weighted by molar-refractivity contribution is 7.89. The van der Waals surface area contributed by atoms with Crippen LogP contribution in [0.15, 0.2) is 23.1 Å². The predicted octanol–water partition coefficient (Wildman–Crippen LogP) is 0.895. The third-order valence-electron chi connectivity index (χ3n) is 2.74. The van der Waals surface area contributed by atoms with Gasteiger partial charge in [-0.1, -0.05) is 6.07 Å². The molecule has 0 aliphatic carbocycles. The van der Waals surface area contributed by atoms with Gasteiger partial charge in [0.1, 0.15) is 18.1 Å². The molecule has 0 spiro atoms. The van der Waals surface area contributed by atoms with E-state index < -0.39 is 15.6 Å². The molecule has 2 rings (SSSR count). The molecule has 1 aliphatic heterocycles. The van der Waals surface area contributed by atoms with Crippen LogP contribution in [-0.2, 0) is 10.0 Å². The summed E-state index contributed by atoms with van der Waals surface area (Å²) in [7, 11) is -3.71. The first-order valence-corrected chi connectivity index (χ1v) is 7.47. The maximum Gasteiger partial charge on any atom is 0.244 e. The standard InChI is InChI=1S/C12H18N2O4S.ClH/c1-12(2,8-13)14-19(15,16)10-5-3-4-9-11(10)18-7-6-17-9;/h3-5,14H,6-8,13H2,1-2H3;1H. The monoisotopic (exact) mass is 322 g/mol. The summed E-state index contributed by atoms with van der Waals surface area (Å²) >= 11 is 0. The molecule has 0 bridgehead atoms. The average Bonchev–Trinajstić information content (AvgIpc) is 2.37. The molecular formula is C12H19ClN2O4S. The number of fused-ring (bicyclic) bond motifs is 1. The molecule has 1 aromatic carbocycles. The van der Waals surface area contributed by atoms with Crippen molar-refractivity contribution in [1.29, 1.82) is 0 Å². The number of nitrogens with two attached hydrogens (primary N) is 1. The van der Waals surface area contributed by atoms with Crippen LogP contribution in [0.25, 0.3) is 0 Å². The Morgan fingerprint density at radius 1 is 1.30 bits per heavy atom. The number of sulfonamides is 1. The minimum Gasteiger partial charge on any atom is -0.486 e. The summed E-state index contributed by atoms with van der Waals surface area (Å²) in [5.41, 5.74) is 4.82. The molecule has 0 atom stereocenters. The molecule has 0 amide bonds. The molecule has 114 valence electrons. The van der Waals surface area contributed by atoms with E-state index in [0.29, 0.717) is 19.0 Å². The van der Waals surface area contributed by atoms with E-state index in [9.17, 15) is 8.42 Å². The zero-order valence-corrected chi connectivity index (χ0v) is 13.0. The van der Waals surface area contributed by atoms with E-state index in [0.717, 1.165) is 0 Å². The highest BCUT2D eigenvalue weighted by Crippen LogP contribution is 2.36. The first-order chi connectivity index (χ1) is 8.86. The molecule has 0 fully saturated rings. The number of para-hydroxylation sites is 1. The molecule has 3 N–H and O–H groups in total. The molecule has 1 aliphatic rings.